The van der Waals surface area contributed by atoms with Crippen LogP contribution < -0.4 is 5.73 Å². The van der Waals surface area contributed by atoms with E-state index in [0.29, 0.717) is 13.0 Å². The van der Waals surface area contributed by atoms with Gasteiger partial charge in [0.25, 0.3) is 0 Å². The van der Waals surface area contributed by atoms with Crippen molar-refractivity contribution in [2.24, 2.45) is 5.73 Å². The summed E-state index contributed by atoms with van der Waals surface area (Å²) in [6.07, 6.45) is 0.518. The van der Waals surface area contributed by atoms with E-state index in [0.717, 1.165) is 5.56 Å². The smallest absolute Gasteiger partial charge is 0.142 e. The van der Waals surface area contributed by atoms with Crippen LogP contribution in [0.5, 0.6) is 0 Å². The average molecular weight is 218 g/mol. The lowest BCUT2D eigenvalue weighted by Crippen LogP contribution is -2.28. The van der Waals surface area contributed by atoms with Gasteiger partial charge in [-0.2, -0.15) is 0 Å². The van der Waals surface area contributed by atoms with Crippen LogP contribution in [0.4, 0.5) is 4.39 Å². The molecule has 0 aliphatic heterocycles. The Labute approximate surface area is 87.8 Å². The minimum atomic E-state index is -0.409. The Bertz CT molecular complexity index is 306. The summed E-state index contributed by atoms with van der Waals surface area (Å²) in [6, 6.07) is 4.56. The Morgan fingerprint density at radius 1 is 1.57 bits per heavy atom. The topological polar surface area (TPSA) is 35.2 Å². The maximum absolute atomic E-state index is 13.0. The summed E-state index contributed by atoms with van der Waals surface area (Å²) in [5, 5.41) is 0.152. The number of benzene rings is 1. The van der Waals surface area contributed by atoms with Crippen LogP contribution in [-0.2, 0) is 11.2 Å². The summed E-state index contributed by atoms with van der Waals surface area (Å²) in [7, 11) is 1.58. The van der Waals surface area contributed by atoms with E-state index in [1.165, 1.54) is 6.07 Å². The van der Waals surface area contributed by atoms with Crippen molar-refractivity contribution >= 4 is 11.6 Å². The van der Waals surface area contributed by atoms with E-state index in [1.807, 2.05) is 0 Å². The molecule has 0 heterocycles. The SMILES string of the molecule is COCC(N)Cc1cccc(F)c1Cl. The molecule has 0 aliphatic carbocycles. The lowest BCUT2D eigenvalue weighted by Gasteiger charge is -2.11. The molecule has 0 fully saturated rings. The average Bonchev–Trinajstić information content (AvgIpc) is 2.13. The van der Waals surface area contributed by atoms with Gasteiger partial charge in [0.05, 0.1) is 11.6 Å². The van der Waals surface area contributed by atoms with E-state index in [1.54, 1.807) is 19.2 Å². The molecule has 78 valence electrons. The Hall–Kier alpha value is -0.640. The minimum Gasteiger partial charge on any atom is -0.383 e. The van der Waals surface area contributed by atoms with Gasteiger partial charge in [0.2, 0.25) is 0 Å². The van der Waals surface area contributed by atoms with Crippen LogP contribution >= 0.6 is 11.6 Å². The van der Waals surface area contributed by atoms with E-state index in [9.17, 15) is 4.39 Å². The van der Waals surface area contributed by atoms with Crippen molar-refractivity contribution in [1.82, 2.24) is 0 Å². The van der Waals surface area contributed by atoms with Crippen molar-refractivity contribution in [3.05, 3.63) is 34.6 Å². The summed E-state index contributed by atoms with van der Waals surface area (Å²) >= 11 is 5.77. The van der Waals surface area contributed by atoms with Gasteiger partial charge in [-0.3, -0.25) is 0 Å². The molecule has 1 rings (SSSR count). The van der Waals surface area contributed by atoms with Crippen LogP contribution in [0.25, 0.3) is 0 Å². The summed E-state index contributed by atoms with van der Waals surface area (Å²) in [4.78, 5) is 0. The fourth-order valence-corrected chi connectivity index (χ4v) is 1.46. The quantitative estimate of drug-likeness (QED) is 0.837. The highest BCUT2D eigenvalue weighted by molar-refractivity contribution is 6.31. The van der Waals surface area contributed by atoms with Crippen LogP contribution in [0.15, 0.2) is 18.2 Å². The second-order valence-electron chi connectivity index (χ2n) is 3.13. The lowest BCUT2D eigenvalue weighted by atomic mass is 10.1. The van der Waals surface area contributed by atoms with Gasteiger partial charge >= 0.3 is 0 Å². The number of nitrogens with two attached hydrogens (primary N) is 1. The van der Waals surface area contributed by atoms with Crippen LogP contribution in [0.1, 0.15) is 5.56 Å². The third kappa shape index (κ3) is 2.94. The molecular formula is C10H13ClFNO. The molecule has 0 spiro atoms. The molecule has 0 saturated carbocycles. The first-order valence-corrected chi connectivity index (χ1v) is 4.70. The van der Waals surface area contributed by atoms with E-state index < -0.39 is 5.82 Å². The maximum atomic E-state index is 13.0. The standard InChI is InChI=1S/C10H13ClFNO/c1-14-6-8(13)5-7-3-2-4-9(12)10(7)11/h2-4,8H,5-6,13H2,1H3. The fraction of sp³-hybridized carbons (Fsp3) is 0.400. The van der Waals surface area contributed by atoms with Gasteiger partial charge in [0.1, 0.15) is 5.82 Å². The third-order valence-electron chi connectivity index (χ3n) is 1.89. The van der Waals surface area contributed by atoms with Gasteiger partial charge in [-0.05, 0) is 18.1 Å². The molecular weight excluding hydrogens is 205 g/mol. The molecule has 0 aromatic heterocycles. The van der Waals surface area contributed by atoms with Gasteiger partial charge in [0.15, 0.2) is 0 Å². The Morgan fingerprint density at radius 2 is 2.29 bits per heavy atom. The minimum absolute atomic E-state index is 0.152. The molecule has 2 nitrogen and oxygen atoms in total. The molecule has 0 saturated heterocycles. The van der Waals surface area contributed by atoms with Crippen molar-refractivity contribution in [3.63, 3.8) is 0 Å². The van der Waals surface area contributed by atoms with Crippen molar-refractivity contribution in [3.8, 4) is 0 Å². The van der Waals surface area contributed by atoms with Gasteiger partial charge < -0.3 is 10.5 Å². The molecule has 0 bridgehead atoms. The third-order valence-corrected chi connectivity index (χ3v) is 2.32. The maximum Gasteiger partial charge on any atom is 0.142 e. The molecule has 1 aromatic carbocycles. The predicted octanol–water partition coefficient (Wildman–Crippen LogP) is 2.00. The highest BCUT2D eigenvalue weighted by Gasteiger charge is 2.09. The summed E-state index contributed by atoms with van der Waals surface area (Å²) in [5.41, 5.74) is 6.45. The van der Waals surface area contributed by atoms with E-state index in [4.69, 9.17) is 22.1 Å². The normalized spacial score (nSPS) is 12.9. The highest BCUT2D eigenvalue weighted by atomic mass is 35.5. The number of rotatable bonds is 4. The largest absolute Gasteiger partial charge is 0.383 e. The predicted molar refractivity (Wildman–Crippen MR) is 55.0 cm³/mol. The van der Waals surface area contributed by atoms with Crippen molar-refractivity contribution in [2.45, 2.75) is 12.5 Å². The molecule has 2 N–H and O–H groups in total. The molecule has 0 amide bonds. The molecule has 0 aliphatic rings. The van der Waals surface area contributed by atoms with Crippen molar-refractivity contribution in [2.75, 3.05) is 13.7 Å². The first-order valence-electron chi connectivity index (χ1n) is 4.32. The van der Waals surface area contributed by atoms with Crippen molar-refractivity contribution < 1.29 is 9.13 Å². The highest BCUT2D eigenvalue weighted by Crippen LogP contribution is 2.20. The molecule has 14 heavy (non-hydrogen) atoms. The van der Waals surface area contributed by atoms with Crippen LogP contribution in [-0.4, -0.2) is 19.8 Å². The van der Waals surface area contributed by atoms with E-state index in [-0.39, 0.29) is 11.1 Å². The van der Waals surface area contributed by atoms with Gasteiger partial charge in [-0.25, -0.2) is 4.39 Å². The second kappa shape index (κ2) is 5.29. The van der Waals surface area contributed by atoms with Crippen molar-refractivity contribution in [1.29, 1.82) is 0 Å². The Morgan fingerprint density at radius 3 is 2.93 bits per heavy atom. The number of halogens is 2. The van der Waals surface area contributed by atoms with Gasteiger partial charge in [-0.1, -0.05) is 23.7 Å². The molecule has 4 heteroatoms. The molecule has 1 unspecified atom stereocenters. The van der Waals surface area contributed by atoms with Gasteiger partial charge in [0, 0.05) is 13.2 Å². The summed E-state index contributed by atoms with van der Waals surface area (Å²) in [5.74, 6) is -0.409. The van der Waals surface area contributed by atoms with Gasteiger partial charge in [-0.15, -0.1) is 0 Å². The number of ether oxygens (including phenoxy) is 1. The summed E-state index contributed by atoms with van der Waals surface area (Å²) in [6.45, 7) is 0.437. The number of methoxy groups -OCH3 is 1. The van der Waals surface area contributed by atoms with Crippen LogP contribution in [0, 0.1) is 5.82 Å². The first kappa shape index (κ1) is 11.4. The van der Waals surface area contributed by atoms with Crippen LogP contribution in [0.2, 0.25) is 5.02 Å². The summed E-state index contributed by atoms with van der Waals surface area (Å²) < 4.78 is 17.9. The second-order valence-corrected chi connectivity index (χ2v) is 3.51. The molecule has 0 radical (unpaired) electrons. The van der Waals surface area contributed by atoms with E-state index in [2.05, 4.69) is 0 Å². The van der Waals surface area contributed by atoms with Crippen LogP contribution in [0.3, 0.4) is 0 Å². The zero-order valence-electron chi connectivity index (χ0n) is 7.97. The zero-order chi connectivity index (χ0) is 10.6. The number of hydrogen-bond acceptors (Lipinski definition) is 2. The molecule has 1 aromatic rings. The van der Waals surface area contributed by atoms with E-state index >= 15 is 0 Å². The zero-order valence-corrected chi connectivity index (χ0v) is 8.72. The molecule has 1 atom stereocenters. The fourth-order valence-electron chi connectivity index (χ4n) is 1.26. The first-order chi connectivity index (χ1) is 6.65. The lowest BCUT2D eigenvalue weighted by molar-refractivity contribution is 0.180. The Balaban J connectivity index is 2.71. The Kier molecular flexibility index (Phi) is 4.32. The monoisotopic (exact) mass is 217 g/mol. The number of hydrogen-bond donors (Lipinski definition) is 1.